The topological polar surface area (TPSA) is 44.3 Å². The molecule has 3 aromatic rings. The second-order valence-corrected chi connectivity index (χ2v) is 7.44. The van der Waals surface area contributed by atoms with Crippen LogP contribution in [0, 0.1) is 6.92 Å². The highest BCUT2D eigenvalue weighted by molar-refractivity contribution is 7.13. The maximum Gasteiger partial charge on any atom is 0.187 e. The minimum absolute atomic E-state index is 0.905. The molecule has 6 heteroatoms. The van der Waals surface area contributed by atoms with Crippen LogP contribution in [0.2, 0.25) is 0 Å². The van der Waals surface area contributed by atoms with Crippen molar-refractivity contribution in [3.05, 3.63) is 65.3 Å². The SMILES string of the molecule is Cc1ccc(Nc2nc(CN3CCN(c4ccccn4)CC3)cs2)cc1. The van der Waals surface area contributed by atoms with E-state index in [2.05, 4.69) is 62.7 Å². The van der Waals surface area contributed by atoms with E-state index in [0.29, 0.717) is 0 Å². The van der Waals surface area contributed by atoms with Gasteiger partial charge in [-0.05, 0) is 31.2 Å². The van der Waals surface area contributed by atoms with Crippen molar-refractivity contribution in [2.45, 2.75) is 13.5 Å². The number of aromatic nitrogens is 2. The minimum atomic E-state index is 0.905. The Labute approximate surface area is 158 Å². The predicted octanol–water partition coefficient (Wildman–Crippen LogP) is 3.91. The number of hydrogen-bond acceptors (Lipinski definition) is 6. The van der Waals surface area contributed by atoms with E-state index in [4.69, 9.17) is 4.98 Å². The molecule has 1 N–H and O–H groups in total. The lowest BCUT2D eigenvalue weighted by atomic mass is 10.2. The Balaban J connectivity index is 1.30. The van der Waals surface area contributed by atoms with Gasteiger partial charge in [-0.15, -0.1) is 11.3 Å². The Morgan fingerprint density at radius 3 is 2.58 bits per heavy atom. The van der Waals surface area contributed by atoms with Gasteiger partial charge in [-0.2, -0.15) is 0 Å². The van der Waals surface area contributed by atoms with Crippen molar-refractivity contribution in [1.29, 1.82) is 0 Å². The number of pyridine rings is 1. The van der Waals surface area contributed by atoms with Crippen molar-refractivity contribution in [3.8, 4) is 0 Å². The summed E-state index contributed by atoms with van der Waals surface area (Å²) >= 11 is 1.67. The smallest absolute Gasteiger partial charge is 0.187 e. The fourth-order valence-electron chi connectivity index (χ4n) is 3.10. The first kappa shape index (κ1) is 17.0. The molecule has 3 heterocycles. The number of anilines is 3. The summed E-state index contributed by atoms with van der Waals surface area (Å²) in [6.07, 6.45) is 1.86. The maximum atomic E-state index is 4.74. The fourth-order valence-corrected chi connectivity index (χ4v) is 3.82. The lowest BCUT2D eigenvalue weighted by molar-refractivity contribution is 0.247. The third kappa shape index (κ3) is 4.20. The number of nitrogens with zero attached hydrogens (tertiary/aromatic N) is 4. The second kappa shape index (κ2) is 7.85. The number of piperazine rings is 1. The van der Waals surface area contributed by atoms with E-state index in [0.717, 1.165) is 55.1 Å². The average molecular weight is 366 g/mol. The molecule has 0 atom stereocenters. The Hall–Kier alpha value is -2.44. The van der Waals surface area contributed by atoms with Gasteiger partial charge >= 0.3 is 0 Å². The van der Waals surface area contributed by atoms with Crippen molar-refractivity contribution < 1.29 is 0 Å². The van der Waals surface area contributed by atoms with E-state index in [1.807, 2.05) is 18.3 Å². The lowest BCUT2D eigenvalue weighted by Crippen LogP contribution is -2.46. The van der Waals surface area contributed by atoms with E-state index >= 15 is 0 Å². The summed E-state index contributed by atoms with van der Waals surface area (Å²) in [5.74, 6) is 1.07. The molecule has 0 radical (unpaired) electrons. The van der Waals surface area contributed by atoms with Gasteiger partial charge in [0.05, 0.1) is 5.69 Å². The standard InChI is InChI=1S/C20H23N5S/c1-16-5-7-17(8-6-16)22-20-23-18(15-26-20)14-24-10-12-25(13-11-24)19-4-2-3-9-21-19/h2-9,15H,10-14H2,1H3,(H,22,23). The molecule has 0 aliphatic carbocycles. The van der Waals surface area contributed by atoms with Crippen LogP contribution in [-0.2, 0) is 6.54 Å². The summed E-state index contributed by atoms with van der Waals surface area (Å²) in [6.45, 7) is 7.09. The summed E-state index contributed by atoms with van der Waals surface area (Å²) < 4.78 is 0. The van der Waals surface area contributed by atoms with Gasteiger partial charge < -0.3 is 10.2 Å². The molecule has 0 unspecified atom stereocenters. The normalized spacial score (nSPS) is 15.2. The Kier molecular flexibility index (Phi) is 5.13. The van der Waals surface area contributed by atoms with Crippen molar-refractivity contribution in [2.24, 2.45) is 0 Å². The lowest BCUT2D eigenvalue weighted by Gasteiger charge is -2.35. The van der Waals surface area contributed by atoms with Gasteiger partial charge in [0.1, 0.15) is 5.82 Å². The van der Waals surface area contributed by atoms with Crippen LogP contribution in [0.15, 0.2) is 54.0 Å². The molecule has 0 spiro atoms. The van der Waals surface area contributed by atoms with Gasteiger partial charge in [-0.25, -0.2) is 9.97 Å². The number of hydrogen-bond donors (Lipinski definition) is 1. The molecule has 0 amide bonds. The monoisotopic (exact) mass is 365 g/mol. The first-order valence-electron chi connectivity index (χ1n) is 8.93. The number of benzene rings is 1. The van der Waals surface area contributed by atoms with Crippen LogP contribution in [-0.4, -0.2) is 41.0 Å². The third-order valence-corrected chi connectivity index (χ3v) is 5.39. The molecule has 5 nitrogen and oxygen atoms in total. The van der Waals surface area contributed by atoms with Crippen molar-refractivity contribution in [2.75, 3.05) is 36.4 Å². The van der Waals surface area contributed by atoms with E-state index in [1.165, 1.54) is 5.56 Å². The van der Waals surface area contributed by atoms with Crippen molar-refractivity contribution >= 4 is 28.0 Å². The van der Waals surface area contributed by atoms with Crippen LogP contribution in [0.5, 0.6) is 0 Å². The highest BCUT2D eigenvalue weighted by Crippen LogP contribution is 2.22. The fraction of sp³-hybridized carbons (Fsp3) is 0.300. The zero-order chi connectivity index (χ0) is 17.8. The maximum absolute atomic E-state index is 4.74. The van der Waals surface area contributed by atoms with Crippen LogP contribution < -0.4 is 10.2 Å². The summed E-state index contributed by atoms with van der Waals surface area (Å²) in [4.78, 5) is 14.0. The predicted molar refractivity (Wildman–Crippen MR) is 108 cm³/mol. The zero-order valence-electron chi connectivity index (χ0n) is 14.9. The average Bonchev–Trinajstić information content (AvgIpc) is 3.12. The van der Waals surface area contributed by atoms with Crippen LogP contribution >= 0.6 is 11.3 Å². The van der Waals surface area contributed by atoms with E-state index in [-0.39, 0.29) is 0 Å². The van der Waals surface area contributed by atoms with Crippen LogP contribution in [0.1, 0.15) is 11.3 Å². The van der Waals surface area contributed by atoms with Crippen LogP contribution in [0.4, 0.5) is 16.6 Å². The molecule has 4 rings (SSSR count). The summed E-state index contributed by atoms with van der Waals surface area (Å²) in [7, 11) is 0. The van der Waals surface area contributed by atoms with Gasteiger partial charge in [0.25, 0.3) is 0 Å². The highest BCUT2D eigenvalue weighted by Gasteiger charge is 2.18. The number of thiazole rings is 1. The minimum Gasteiger partial charge on any atom is -0.354 e. The largest absolute Gasteiger partial charge is 0.354 e. The quantitative estimate of drug-likeness (QED) is 0.743. The Morgan fingerprint density at radius 1 is 1.04 bits per heavy atom. The molecule has 1 aromatic carbocycles. The summed E-state index contributed by atoms with van der Waals surface area (Å²) in [5.41, 5.74) is 3.48. The molecule has 1 aliphatic rings. The van der Waals surface area contributed by atoms with E-state index in [9.17, 15) is 0 Å². The molecule has 0 saturated carbocycles. The van der Waals surface area contributed by atoms with Crippen LogP contribution in [0.25, 0.3) is 0 Å². The number of nitrogens with one attached hydrogen (secondary N) is 1. The molecule has 1 fully saturated rings. The molecule has 26 heavy (non-hydrogen) atoms. The number of aryl methyl sites for hydroxylation is 1. The first-order valence-corrected chi connectivity index (χ1v) is 9.81. The molecule has 1 saturated heterocycles. The van der Waals surface area contributed by atoms with Gasteiger partial charge in [0.2, 0.25) is 0 Å². The first-order chi connectivity index (χ1) is 12.8. The molecule has 2 aromatic heterocycles. The highest BCUT2D eigenvalue weighted by atomic mass is 32.1. The van der Waals surface area contributed by atoms with Gasteiger partial charge in [0, 0.05) is 50.0 Å². The molecule has 134 valence electrons. The van der Waals surface area contributed by atoms with E-state index < -0.39 is 0 Å². The molecular formula is C20H23N5S. The Morgan fingerprint density at radius 2 is 1.85 bits per heavy atom. The van der Waals surface area contributed by atoms with Crippen LogP contribution in [0.3, 0.4) is 0 Å². The Bertz CT molecular complexity index is 823. The zero-order valence-corrected chi connectivity index (χ0v) is 15.7. The van der Waals surface area contributed by atoms with Crippen molar-refractivity contribution in [3.63, 3.8) is 0 Å². The number of rotatable bonds is 5. The summed E-state index contributed by atoms with van der Waals surface area (Å²) in [6, 6.07) is 14.5. The molecular weight excluding hydrogens is 342 g/mol. The molecule has 1 aliphatic heterocycles. The van der Waals surface area contributed by atoms with Crippen molar-refractivity contribution in [1.82, 2.24) is 14.9 Å². The van der Waals surface area contributed by atoms with E-state index in [1.54, 1.807) is 11.3 Å². The van der Waals surface area contributed by atoms with Gasteiger partial charge in [-0.3, -0.25) is 4.90 Å². The van der Waals surface area contributed by atoms with Gasteiger partial charge in [-0.1, -0.05) is 23.8 Å². The van der Waals surface area contributed by atoms with Gasteiger partial charge in [0.15, 0.2) is 5.13 Å². The second-order valence-electron chi connectivity index (χ2n) is 6.59. The third-order valence-electron chi connectivity index (χ3n) is 4.59. The summed E-state index contributed by atoms with van der Waals surface area (Å²) in [5, 5.41) is 6.50. The molecule has 0 bridgehead atoms.